The van der Waals surface area contributed by atoms with Crippen molar-refractivity contribution in [1.82, 2.24) is 20.2 Å². The molecule has 0 spiro atoms. The number of rotatable bonds is 5. The van der Waals surface area contributed by atoms with Crippen LogP contribution in [0.3, 0.4) is 0 Å². The lowest BCUT2D eigenvalue weighted by Gasteiger charge is -2.46. The van der Waals surface area contributed by atoms with E-state index in [1.165, 1.54) is 0 Å². The summed E-state index contributed by atoms with van der Waals surface area (Å²) in [6.07, 6.45) is 8.57. The average molecular weight is 444 g/mol. The lowest BCUT2D eigenvalue weighted by molar-refractivity contribution is -0.125. The second kappa shape index (κ2) is 9.61. The summed E-state index contributed by atoms with van der Waals surface area (Å²) >= 11 is 0. The van der Waals surface area contributed by atoms with E-state index in [1.807, 2.05) is 11.0 Å². The number of fused-ring (bicyclic) bond motifs is 4. The van der Waals surface area contributed by atoms with Crippen molar-refractivity contribution in [3.05, 3.63) is 12.3 Å². The van der Waals surface area contributed by atoms with Gasteiger partial charge >= 0.3 is 0 Å². The first kappa shape index (κ1) is 22.0. The zero-order chi connectivity index (χ0) is 22.0. The number of carbonyl (C=O) groups excluding carboxylic acids is 1. The number of piperidine rings is 2. The minimum Gasteiger partial charge on any atom is -0.474 e. The standard InChI is InChI=1S/C24H37N5O3/c1-24(9-15-28-13-5-19(24)6-14-28)29(22(30)18-2-10-25-11-3-18)23-26-12-4-21(27-23)32-20-7-16-31-17-8-20/h4,12,18-20,25H,2-3,5-11,13-17H2,1H3. The Kier molecular flexibility index (Phi) is 6.62. The SMILES string of the molecule is CC1(N(C(=O)C2CCNCC2)c2nccc(OC3CCOCC3)n2)CCN2CCC1CC2. The van der Waals surface area contributed by atoms with Crippen LogP contribution in [0.25, 0.3) is 0 Å². The lowest BCUT2D eigenvalue weighted by atomic mass is 9.77. The molecule has 176 valence electrons. The minimum atomic E-state index is -0.273. The van der Waals surface area contributed by atoms with Crippen LogP contribution in [0.5, 0.6) is 5.88 Å². The molecule has 1 unspecified atom stereocenters. The smallest absolute Gasteiger partial charge is 0.235 e. The van der Waals surface area contributed by atoms with Gasteiger partial charge in [-0.15, -0.1) is 0 Å². The van der Waals surface area contributed by atoms with E-state index in [-0.39, 0.29) is 23.5 Å². The molecule has 0 radical (unpaired) electrons. The van der Waals surface area contributed by atoms with Crippen LogP contribution in [-0.4, -0.2) is 78.4 Å². The molecule has 1 amide bonds. The fourth-order valence-electron chi connectivity index (χ4n) is 5.96. The van der Waals surface area contributed by atoms with Crippen molar-refractivity contribution in [2.75, 3.05) is 50.8 Å². The van der Waals surface area contributed by atoms with Crippen LogP contribution in [0.4, 0.5) is 5.95 Å². The summed E-state index contributed by atoms with van der Waals surface area (Å²) in [6.45, 7) is 8.80. The summed E-state index contributed by atoms with van der Waals surface area (Å²) in [7, 11) is 0. The van der Waals surface area contributed by atoms with E-state index >= 15 is 0 Å². The maximum absolute atomic E-state index is 14.0. The highest BCUT2D eigenvalue weighted by Gasteiger charge is 2.48. The molecule has 1 atom stereocenters. The van der Waals surface area contributed by atoms with Crippen molar-refractivity contribution in [3.63, 3.8) is 0 Å². The first-order valence-corrected chi connectivity index (χ1v) is 12.5. The van der Waals surface area contributed by atoms with Gasteiger partial charge < -0.3 is 19.7 Å². The highest BCUT2D eigenvalue weighted by molar-refractivity contribution is 5.95. The largest absolute Gasteiger partial charge is 0.474 e. The van der Waals surface area contributed by atoms with E-state index in [0.29, 0.717) is 17.7 Å². The third-order valence-electron chi connectivity index (χ3n) is 8.09. The predicted octanol–water partition coefficient (Wildman–Crippen LogP) is 2.24. The average Bonchev–Trinajstić information content (AvgIpc) is 3.10. The molecule has 6 heterocycles. The molecular formula is C24H37N5O3. The molecule has 5 fully saturated rings. The number of amides is 1. The van der Waals surface area contributed by atoms with Gasteiger partial charge in [0.05, 0.1) is 18.8 Å². The summed E-state index contributed by atoms with van der Waals surface area (Å²) in [6, 6.07) is 1.82. The Bertz CT molecular complexity index is 788. The monoisotopic (exact) mass is 443 g/mol. The van der Waals surface area contributed by atoms with Gasteiger partial charge in [0.25, 0.3) is 0 Å². The molecule has 0 aromatic carbocycles. The maximum atomic E-state index is 14.0. The fraction of sp³-hybridized carbons (Fsp3) is 0.792. The van der Waals surface area contributed by atoms with Crippen molar-refractivity contribution in [1.29, 1.82) is 0 Å². The van der Waals surface area contributed by atoms with Gasteiger partial charge in [-0.25, -0.2) is 4.98 Å². The molecule has 5 aliphatic heterocycles. The van der Waals surface area contributed by atoms with E-state index in [4.69, 9.17) is 14.5 Å². The van der Waals surface area contributed by atoms with Gasteiger partial charge in [-0.3, -0.25) is 9.69 Å². The molecule has 1 N–H and O–H groups in total. The summed E-state index contributed by atoms with van der Waals surface area (Å²) in [5, 5.41) is 3.39. The van der Waals surface area contributed by atoms with Crippen LogP contribution in [0, 0.1) is 11.8 Å². The summed E-state index contributed by atoms with van der Waals surface area (Å²) in [4.78, 5) is 28.0. The zero-order valence-corrected chi connectivity index (χ0v) is 19.3. The number of ether oxygens (including phenoxy) is 2. The van der Waals surface area contributed by atoms with Crippen molar-refractivity contribution in [2.45, 2.75) is 63.5 Å². The first-order valence-electron chi connectivity index (χ1n) is 12.5. The zero-order valence-electron chi connectivity index (χ0n) is 19.3. The van der Waals surface area contributed by atoms with Crippen LogP contribution >= 0.6 is 0 Å². The van der Waals surface area contributed by atoms with Crippen molar-refractivity contribution >= 4 is 11.9 Å². The van der Waals surface area contributed by atoms with E-state index < -0.39 is 0 Å². The third kappa shape index (κ3) is 4.50. The highest BCUT2D eigenvalue weighted by atomic mass is 16.5. The van der Waals surface area contributed by atoms with Crippen molar-refractivity contribution in [3.8, 4) is 5.88 Å². The Morgan fingerprint density at radius 3 is 2.66 bits per heavy atom. The molecule has 6 rings (SSSR count). The van der Waals surface area contributed by atoms with Crippen molar-refractivity contribution < 1.29 is 14.3 Å². The van der Waals surface area contributed by atoms with Gasteiger partial charge in [-0.2, -0.15) is 4.98 Å². The Morgan fingerprint density at radius 2 is 1.91 bits per heavy atom. The van der Waals surface area contributed by atoms with Crippen LogP contribution in [0.15, 0.2) is 12.3 Å². The third-order valence-corrected chi connectivity index (χ3v) is 8.09. The molecule has 32 heavy (non-hydrogen) atoms. The number of nitrogens with one attached hydrogen (secondary N) is 1. The highest BCUT2D eigenvalue weighted by Crippen LogP contribution is 2.42. The molecule has 5 saturated heterocycles. The van der Waals surface area contributed by atoms with Gasteiger partial charge in [0, 0.05) is 37.6 Å². The number of aromatic nitrogens is 2. The van der Waals surface area contributed by atoms with Gasteiger partial charge in [0.15, 0.2) is 0 Å². The fourth-order valence-corrected chi connectivity index (χ4v) is 5.96. The lowest BCUT2D eigenvalue weighted by Crippen LogP contribution is -2.58. The van der Waals surface area contributed by atoms with E-state index in [1.54, 1.807) is 6.20 Å². The molecule has 8 heteroatoms. The van der Waals surface area contributed by atoms with Crippen LogP contribution in [0.2, 0.25) is 0 Å². The molecule has 5 aliphatic rings. The number of hydrogen-bond acceptors (Lipinski definition) is 7. The van der Waals surface area contributed by atoms with Crippen LogP contribution in [0.1, 0.15) is 51.9 Å². The maximum Gasteiger partial charge on any atom is 0.235 e. The second-order valence-electron chi connectivity index (χ2n) is 10.0. The molecular weight excluding hydrogens is 406 g/mol. The molecule has 1 aromatic rings. The molecule has 2 bridgehead atoms. The van der Waals surface area contributed by atoms with Gasteiger partial charge in [0.1, 0.15) is 6.10 Å². The Morgan fingerprint density at radius 1 is 1.16 bits per heavy atom. The summed E-state index contributed by atoms with van der Waals surface area (Å²) in [5.74, 6) is 1.77. The van der Waals surface area contributed by atoms with Crippen LogP contribution in [-0.2, 0) is 9.53 Å². The molecule has 8 nitrogen and oxygen atoms in total. The van der Waals surface area contributed by atoms with Gasteiger partial charge in [0.2, 0.25) is 17.7 Å². The summed E-state index contributed by atoms with van der Waals surface area (Å²) < 4.78 is 11.6. The van der Waals surface area contributed by atoms with E-state index in [9.17, 15) is 4.79 Å². The van der Waals surface area contributed by atoms with Gasteiger partial charge in [-0.05, 0) is 71.1 Å². The van der Waals surface area contributed by atoms with Crippen molar-refractivity contribution in [2.24, 2.45) is 11.8 Å². The summed E-state index contributed by atoms with van der Waals surface area (Å²) in [5.41, 5.74) is -0.273. The topological polar surface area (TPSA) is 79.8 Å². The predicted molar refractivity (Wildman–Crippen MR) is 122 cm³/mol. The molecule has 0 saturated carbocycles. The van der Waals surface area contributed by atoms with E-state index in [0.717, 1.165) is 90.9 Å². The minimum absolute atomic E-state index is 0.0255. The van der Waals surface area contributed by atoms with Gasteiger partial charge in [-0.1, -0.05) is 0 Å². The number of carbonyl (C=O) groups is 1. The van der Waals surface area contributed by atoms with Crippen LogP contribution < -0.4 is 15.0 Å². The Balaban J connectivity index is 1.46. The Hall–Kier alpha value is -1.77. The molecule has 1 aromatic heterocycles. The normalized spacial score (nSPS) is 31.8. The number of hydrogen-bond donors (Lipinski definition) is 1. The van der Waals surface area contributed by atoms with E-state index in [2.05, 4.69) is 22.1 Å². The second-order valence-corrected chi connectivity index (χ2v) is 10.0. The number of anilines is 1. The first-order chi connectivity index (χ1) is 15.6. The quantitative estimate of drug-likeness (QED) is 0.748. The Labute approximate surface area is 191 Å². The molecule has 0 aliphatic carbocycles. The number of nitrogens with zero attached hydrogens (tertiary/aromatic N) is 4.